The molecule has 1 aromatic rings. The molecule has 1 aliphatic rings. The molecule has 17 heavy (non-hydrogen) atoms. The Morgan fingerprint density at radius 3 is 2.71 bits per heavy atom. The van der Waals surface area contributed by atoms with Gasteiger partial charge in [-0.1, -0.05) is 24.4 Å². The Hall–Kier alpha value is -1.02. The Balaban J connectivity index is 2.16. The number of carbonyl (C=O) groups excluding carboxylic acids is 1. The Morgan fingerprint density at radius 1 is 1.41 bits per heavy atom. The Morgan fingerprint density at radius 2 is 2.12 bits per heavy atom. The van der Waals surface area contributed by atoms with Crippen molar-refractivity contribution in [3.05, 3.63) is 28.8 Å². The highest BCUT2D eigenvalue weighted by atomic mass is 35.5. The molecule has 0 N–H and O–H groups in total. The molecule has 0 unspecified atom stereocenters. The average molecular weight is 253 g/mol. The minimum atomic E-state index is 0.198. The quantitative estimate of drug-likeness (QED) is 0.754. The molecule has 3 heteroatoms. The number of ketones is 1. The predicted octanol–water partition coefficient (Wildman–Crippen LogP) is 4.11. The Labute approximate surface area is 107 Å². The van der Waals surface area contributed by atoms with Crippen molar-refractivity contribution in [1.82, 2.24) is 0 Å². The van der Waals surface area contributed by atoms with Gasteiger partial charge in [0.1, 0.15) is 5.75 Å². The van der Waals surface area contributed by atoms with Crippen LogP contribution in [0.15, 0.2) is 18.2 Å². The largest absolute Gasteiger partial charge is 0.492 e. The lowest BCUT2D eigenvalue weighted by Crippen LogP contribution is -2.11. The summed E-state index contributed by atoms with van der Waals surface area (Å²) in [6.07, 6.45) is 4.37. The van der Waals surface area contributed by atoms with Gasteiger partial charge in [0.25, 0.3) is 0 Å². The fourth-order valence-corrected chi connectivity index (χ4v) is 2.59. The standard InChI is InChI=1S/C14H17ClO2/c1-2-17-13-8-7-11(9-12(13)15)14(16)10-5-3-4-6-10/h7-10H,2-6H2,1H3. The van der Waals surface area contributed by atoms with E-state index in [1.807, 2.05) is 13.0 Å². The summed E-state index contributed by atoms with van der Waals surface area (Å²) in [5.74, 6) is 1.08. The molecule has 0 aromatic heterocycles. The van der Waals surface area contributed by atoms with Crippen LogP contribution in [0, 0.1) is 5.92 Å². The van der Waals surface area contributed by atoms with E-state index in [1.165, 1.54) is 12.8 Å². The van der Waals surface area contributed by atoms with Crippen LogP contribution in [0.2, 0.25) is 5.02 Å². The number of rotatable bonds is 4. The van der Waals surface area contributed by atoms with Gasteiger partial charge in [0.15, 0.2) is 5.78 Å². The van der Waals surface area contributed by atoms with Gasteiger partial charge in [-0.15, -0.1) is 0 Å². The lowest BCUT2D eigenvalue weighted by Gasteiger charge is -2.10. The van der Waals surface area contributed by atoms with E-state index in [9.17, 15) is 4.79 Å². The first-order valence-corrected chi connectivity index (χ1v) is 6.56. The molecule has 0 spiro atoms. The second-order valence-corrected chi connectivity index (χ2v) is 4.83. The number of ether oxygens (including phenoxy) is 1. The van der Waals surface area contributed by atoms with Crippen molar-refractivity contribution in [3.8, 4) is 5.75 Å². The third-order valence-electron chi connectivity index (χ3n) is 3.24. The van der Waals surface area contributed by atoms with E-state index in [-0.39, 0.29) is 11.7 Å². The van der Waals surface area contributed by atoms with Crippen LogP contribution in [0.3, 0.4) is 0 Å². The summed E-state index contributed by atoms with van der Waals surface area (Å²) in [6.45, 7) is 2.49. The number of hydrogen-bond acceptors (Lipinski definition) is 2. The summed E-state index contributed by atoms with van der Waals surface area (Å²) in [5, 5.41) is 0.524. The molecule has 0 saturated heterocycles. The maximum atomic E-state index is 12.2. The highest BCUT2D eigenvalue weighted by Gasteiger charge is 2.24. The molecule has 1 fully saturated rings. The van der Waals surface area contributed by atoms with Gasteiger partial charge in [-0.2, -0.15) is 0 Å². The van der Waals surface area contributed by atoms with Crippen LogP contribution < -0.4 is 4.74 Å². The van der Waals surface area contributed by atoms with Crippen LogP contribution in [0.1, 0.15) is 43.0 Å². The predicted molar refractivity (Wildman–Crippen MR) is 68.9 cm³/mol. The number of carbonyl (C=O) groups is 1. The van der Waals surface area contributed by atoms with E-state index >= 15 is 0 Å². The first kappa shape index (κ1) is 12.4. The van der Waals surface area contributed by atoms with E-state index in [2.05, 4.69) is 0 Å². The summed E-state index contributed by atoms with van der Waals surface area (Å²) in [5.41, 5.74) is 0.713. The number of hydrogen-bond donors (Lipinski definition) is 0. The fourth-order valence-electron chi connectivity index (χ4n) is 2.35. The Bertz CT molecular complexity index is 409. The molecular weight excluding hydrogens is 236 g/mol. The molecule has 0 bridgehead atoms. The lowest BCUT2D eigenvalue weighted by atomic mass is 9.96. The molecular formula is C14H17ClO2. The zero-order chi connectivity index (χ0) is 12.3. The molecule has 1 saturated carbocycles. The number of Topliss-reactive ketones (excluding diaryl/α,β-unsaturated/α-hetero) is 1. The minimum Gasteiger partial charge on any atom is -0.492 e. The van der Waals surface area contributed by atoms with Crippen molar-refractivity contribution in [2.45, 2.75) is 32.6 Å². The van der Waals surface area contributed by atoms with Crippen molar-refractivity contribution in [3.63, 3.8) is 0 Å². The van der Waals surface area contributed by atoms with Gasteiger partial charge in [-0.05, 0) is 38.0 Å². The van der Waals surface area contributed by atoms with Gasteiger partial charge in [-0.25, -0.2) is 0 Å². The second kappa shape index (κ2) is 5.54. The molecule has 0 amide bonds. The number of halogens is 1. The van der Waals surface area contributed by atoms with Crippen molar-refractivity contribution >= 4 is 17.4 Å². The lowest BCUT2D eigenvalue weighted by molar-refractivity contribution is 0.0923. The average Bonchev–Trinajstić information content (AvgIpc) is 2.84. The summed E-state index contributed by atoms with van der Waals surface area (Å²) < 4.78 is 5.35. The van der Waals surface area contributed by atoms with E-state index < -0.39 is 0 Å². The van der Waals surface area contributed by atoms with E-state index in [0.29, 0.717) is 22.9 Å². The van der Waals surface area contributed by atoms with Crippen LogP contribution in [0.4, 0.5) is 0 Å². The van der Waals surface area contributed by atoms with Gasteiger partial charge < -0.3 is 4.74 Å². The molecule has 0 radical (unpaired) electrons. The SMILES string of the molecule is CCOc1ccc(C(=O)C2CCCC2)cc1Cl. The molecule has 0 heterocycles. The van der Waals surface area contributed by atoms with Gasteiger partial charge in [0.05, 0.1) is 11.6 Å². The fraction of sp³-hybridized carbons (Fsp3) is 0.500. The van der Waals surface area contributed by atoms with Gasteiger partial charge in [0, 0.05) is 11.5 Å². The zero-order valence-corrected chi connectivity index (χ0v) is 10.8. The molecule has 92 valence electrons. The first-order valence-electron chi connectivity index (χ1n) is 6.19. The third-order valence-corrected chi connectivity index (χ3v) is 3.54. The van der Waals surface area contributed by atoms with Crippen molar-refractivity contribution < 1.29 is 9.53 Å². The molecule has 1 aromatic carbocycles. The summed E-state index contributed by atoms with van der Waals surface area (Å²) >= 11 is 6.08. The topological polar surface area (TPSA) is 26.3 Å². The highest BCUT2D eigenvalue weighted by Crippen LogP contribution is 2.31. The van der Waals surface area contributed by atoms with E-state index in [1.54, 1.807) is 12.1 Å². The molecule has 0 aliphatic heterocycles. The van der Waals surface area contributed by atoms with Crippen LogP contribution in [-0.2, 0) is 0 Å². The van der Waals surface area contributed by atoms with Crippen LogP contribution in [0.5, 0.6) is 5.75 Å². The molecule has 0 atom stereocenters. The number of benzene rings is 1. The molecule has 2 rings (SSSR count). The first-order chi connectivity index (χ1) is 8.22. The van der Waals surface area contributed by atoms with Crippen LogP contribution in [0.25, 0.3) is 0 Å². The second-order valence-electron chi connectivity index (χ2n) is 4.42. The van der Waals surface area contributed by atoms with Crippen molar-refractivity contribution in [2.24, 2.45) is 5.92 Å². The van der Waals surface area contributed by atoms with E-state index in [4.69, 9.17) is 16.3 Å². The molecule has 1 aliphatic carbocycles. The maximum absolute atomic E-state index is 12.2. The monoisotopic (exact) mass is 252 g/mol. The minimum absolute atomic E-state index is 0.198. The third kappa shape index (κ3) is 2.81. The summed E-state index contributed by atoms with van der Waals surface area (Å²) in [4.78, 5) is 12.2. The zero-order valence-electron chi connectivity index (χ0n) is 10.0. The van der Waals surface area contributed by atoms with Gasteiger partial charge in [0.2, 0.25) is 0 Å². The molecule has 2 nitrogen and oxygen atoms in total. The van der Waals surface area contributed by atoms with Crippen molar-refractivity contribution in [2.75, 3.05) is 6.61 Å². The van der Waals surface area contributed by atoms with E-state index in [0.717, 1.165) is 12.8 Å². The highest BCUT2D eigenvalue weighted by molar-refractivity contribution is 6.32. The summed E-state index contributed by atoms with van der Waals surface area (Å²) in [6, 6.07) is 5.33. The summed E-state index contributed by atoms with van der Waals surface area (Å²) in [7, 11) is 0. The van der Waals surface area contributed by atoms with Crippen LogP contribution in [-0.4, -0.2) is 12.4 Å². The van der Waals surface area contributed by atoms with Gasteiger partial charge >= 0.3 is 0 Å². The van der Waals surface area contributed by atoms with Gasteiger partial charge in [-0.3, -0.25) is 4.79 Å². The smallest absolute Gasteiger partial charge is 0.165 e. The normalized spacial score (nSPS) is 16.1. The maximum Gasteiger partial charge on any atom is 0.165 e. The Kier molecular flexibility index (Phi) is 4.06. The van der Waals surface area contributed by atoms with Crippen LogP contribution >= 0.6 is 11.6 Å². The van der Waals surface area contributed by atoms with Crippen molar-refractivity contribution in [1.29, 1.82) is 0 Å².